The maximum absolute atomic E-state index is 11.7. The van der Waals surface area contributed by atoms with Crippen molar-refractivity contribution < 1.29 is 0 Å². The molecule has 0 fully saturated rings. The number of hydrogen-bond acceptors (Lipinski definition) is 3. The van der Waals surface area contributed by atoms with Crippen LogP contribution in [0.2, 0.25) is 0 Å². The maximum Gasteiger partial charge on any atom is 0.273 e. The van der Waals surface area contributed by atoms with Gasteiger partial charge in [0.15, 0.2) is 0 Å². The zero-order valence-electron chi connectivity index (χ0n) is 8.64. The molecule has 0 saturated carbocycles. The van der Waals surface area contributed by atoms with Crippen molar-refractivity contribution in [2.45, 2.75) is 6.92 Å². The van der Waals surface area contributed by atoms with Crippen LogP contribution in [-0.2, 0) is 0 Å². The van der Waals surface area contributed by atoms with Gasteiger partial charge in [0, 0.05) is 10.5 Å². The number of aromatic nitrogens is 2. The van der Waals surface area contributed by atoms with E-state index in [0.717, 1.165) is 15.7 Å². The van der Waals surface area contributed by atoms with E-state index in [4.69, 9.17) is 5.73 Å². The van der Waals surface area contributed by atoms with Crippen LogP contribution in [0.5, 0.6) is 0 Å². The van der Waals surface area contributed by atoms with Gasteiger partial charge in [-0.2, -0.15) is 9.78 Å². The number of hydrogen-bond donors (Lipinski definition) is 1. The minimum absolute atomic E-state index is 0.231. The normalized spacial score (nSPS) is 10.4. The van der Waals surface area contributed by atoms with Crippen LogP contribution in [0.25, 0.3) is 5.69 Å². The van der Waals surface area contributed by atoms with Gasteiger partial charge in [-0.1, -0.05) is 15.9 Å². The Kier molecular flexibility index (Phi) is 2.78. The van der Waals surface area contributed by atoms with Gasteiger partial charge in [0.2, 0.25) is 0 Å². The minimum Gasteiger partial charge on any atom is -0.397 e. The molecular formula is C11H10BrN3O. The van der Waals surface area contributed by atoms with Crippen molar-refractivity contribution in [3.63, 3.8) is 0 Å². The van der Waals surface area contributed by atoms with Crippen molar-refractivity contribution in [2.24, 2.45) is 0 Å². The quantitative estimate of drug-likeness (QED) is 0.867. The molecule has 1 aromatic carbocycles. The summed E-state index contributed by atoms with van der Waals surface area (Å²) in [5, 5.41) is 4.00. The second-order valence-corrected chi connectivity index (χ2v) is 4.39. The molecular weight excluding hydrogens is 270 g/mol. The third kappa shape index (κ3) is 1.99. The van der Waals surface area contributed by atoms with Crippen molar-refractivity contribution in [2.75, 3.05) is 5.73 Å². The van der Waals surface area contributed by atoms with E-state index in [9.17, 15) is 4.79 Å². The Labute approximate surface area is 101 Å². The molecule has 0 unspecified atom stereocenters. The first-order valence-electron chi connectivity index (χ1n) is 4.69. The smallest absolute Gasteiger partial charge is 0.273 e. The lowest BCUT2D eigenvalue weighted by molar-refractivity contribution is 0.803. The molecule has 4 nitrogen and oxygen atoms in total. The summed E-state index contributed by atoms with van der Waals surface area (Å²) in [5.74, 6) is 0. The second kappa shape index (κ2) is 4.09. The van der Waals surface area contributed by atoms with Crippen molar-refractivity contribution >= 4 is 21.6 Å². The Morgan fingerprint density at radius 3 is 2.75 bits per heavy atom. The van der Waals surface area contributed by atoms with Crippen LogP contribution in [0.1, 0.15) is 5.56 Å². The molecule has 82 valence electrons. The van der Waals surface area contributed by atoms with Gasteiger partial charge in [0.05, 0.1) is 17.6 Å². The average Bonchev–Trinajstić information content (AvgIpc) is 2.19. The van der Waals surface area contributed by atoms with E-state index in [1.807, 2.05) is 25.1 Å². The van der Waals surface area contributed by atoms with E-state index in [1.165, 1.54) is 16.9 Å². The highest BCUT2D eigenvalue weighted by Crippen LogP contribution is 2.17. The number of rotatable bonds is 1. The Morgan fingerprint density at radius 2 is 2.12 bits per heavy atom. The first-order valence-corrected chi connectivity index (χ1v) is 5.48. The van der Waals surface area contributed by atoms with Crippen LogP contribution in [0.4, 0.5) is 5.69 Å². The molecule has 0 aliphatic rings. The van der Waals surface area contributed by atoms with Crippen molar-refractivity contribution in [1.82, 2.24) is 9.78 Å². The third-order valence-corrected chi connectivity index (χ3v) is 2.70. The minimum atomic E-state index is -0.231. The highest BCUT2D eigenvalue weighted by molar-refractivity contribution is 9.10. The maximum atomic E-state index is 11.7. The summed E-state index contributed by atoms with van der Waals surface area (Å²) in [4.78, 5) is 11.7. The van der Waals surface area contributed by atoms with Crippen LogP contribution in [0.3, 0.4) is 0 Å². The standard InChI is InChI=1S/C11H10BrN3O/c1-7-4-8(12)2-3-10(7)15-11(16)5-9(13)6-14-15/h2-6H,13H2,1H3. The number of benzene rings is 1. The van der Waals surface area contributed by atoms with E-state index >= 15 is 0 Å². The van der Waals surface area contributed by atoms with Gasteiger partial charge in [-0.05, 0) is 30.7 Å². The SMILES string of the molecule is Cc1cc(Br)ccc1-n1ncc(N)cc1=O. The van der Waals surface area contributed by atoms with Crippen LogP contribution in [0.15, 0.2) is 39.7 Å². The van der Waals surface area contributed by atoms with Crippen LogP contribution >= 0.6 is 15.9 Å². The first-order chi connectivity index (χ1) is 7.58. The van der Waals surface area contributed by atoms with Gasteiger partial charge < -0.3 is 5.73 Å². The molecule has 1 aromatic heterocycles. The fourth-order valence-electron chi connectivity index (χ4n) is 1.46. The topological polar surface area (TPSA) is 60.9 Å². The summed E-state index contributed by atoms with van der Waals surface area (Å²) in [5.41, 5.74) is 7.35. The molecule has 0 radical (unpaired) electrons. The number of nitrogens with two attached hydrogens (primary N) is 1. The highest BCUT2D eigenvalue weighted by atomic mass is 79.9. The summed E-state index contributed by atoms with van der Waals surface area (Å²) in [7, 11) is 0. The molecule has 0 amide bonds. The van der Waals surface area contributed by atoms with Crippen LogP contribution in [0, 0.1) is 6.92 Å². The summed E-state index contributed by atoms with van der Waals surface area (Å²) < 4.78 is 2.30. The van der Waals surface area contributed by atoms with Crippen molar-refractivity contribution in [3.05, 3.63) is 50.9 Å². The molecule has 0 aliphatic carbocycles. The van der Waals surface area contributed by atoms with E-state index in [-0.39, 0.29) is 5.56 Å². The molecule has 1 heterocycles. The lowest BCUT2D eigenvalue weighted by Gasteiger charge is -2.07. The number of halogens is 1. The van der Waals surface area contributed by atoms with Gasteiger partial charge in [0.25, 0.3) is 5.56 Å². The van der Waals surface area contributed by atoms with E-state index in [0.29, 0.717) is 5.69 Å². The van der Waals surface area contributed by atoms with Gasteiger partial charge in [-0.15, -0.1) is 0 Å². The molecule has 2 aromatic rings. The average molecular weight is 280 g/mol. The molecule has 0 bridgehead atoms. The van der Waals surface area contributed by atoms with E-state index in [2.05, 4.69) is 21.0 Å². The predicted molar refractivity (Wildman–Crippen MR) is 66.7 cm³/mol. The van der Waals surface area contributed by atoms with Gasteiger partial charge in [0.1, 0.15) is 0 Å². The zero-order chi connectivity index (χ0) is 11.7. The number of anilines is 1. The van der Waals surface area contributed by atoms with Crippen molar-refractivity contribution in [1.29, 1.82) is 0 Å². The van der Waals surface area contributed by atoms with E-state index in [1.54, 1.807) is 0 Å². The monoisotopic (exact) mass is 279 g/mol. The second-order valence-electron chi connectivity index (χ2n) is 3.47. The first kappa shape index (κ1) is 10.9. The number of aryl methyl sites for hydroxylation is 1. The highest BCUT2D eigenvalue weighted by Gasteiger charge is 2.04. The summed E-state index contributed by atoms with van der Waals surface area (Å²) in [6.45, 7) is 1.92. The molecule has 2 rings (SSSR count). The van der Waals surface area contributed by atoms with E-state index < -0.39 is 0 Å². The number of nitrogens with zero attached hydrogens (tertiary/aromatic N) is 2. The van der Waals surface area contributed by atoms with Gasteiger partial charge in [-0.25, -0.2) is 0 Å². The fourth-order valence-corrected chi connectivity index (χ4v) is 1.94. The fraction of sp³-hybridized carbons (Fsp3) is 0.0909. The zero-order valence-corrected chi connectivity index (χ0v) is 10.2. The Balaban J connectivity index is 2.63. The largest absolute Gasteiger partial charge is 0.397 e. The van der Waals surface area contributed by atoms with Crippen molar-refractivity contribution in [3.8, 4) is 5.69 Å². The molecule has 0 aliphatic heterocycles. The molecule has 0 atom stereocenters. The predicted octanol–water partition coefficient (Wildman–Crippen LogP) is 1.89. The summed E-state index contributed by atoms with van der Waals surface area (Å²) >= 11 is 3.37. The lowest BCUT2D eigenvalue weighted by atomic mass is 10.2. The van der Waals surface area contributed by atoms with Crippen LogP contribution in [-0.4, -0.2) is 9.78 Å². The lowest BCUT2D eigenvalue weighted by Crippen LogP contribution is -2.21. The Bertz CT molecular complexity index is 592. The third-order valence-electron chi connectivity index (χ3n) is 2.21. The Hall–Kier alpha value is -1.62. The Morgan fingerprint density at radius 1 is 1.38 bits per heavy atom. The van der Waals surface area contributed by atoms with Gasteiger partial charge in [-0.3, -0.25) is 4.79 Å². The molecule has 5 heteroatoms. The molecule has 0 spiro atoms. The molecule has 16 heavy (non-hydrogen) atoms. The molecule has 0 saturated heterocycles. The van der Waals surface area contributed by atoms with Crippen LogP contribution < -0.4 is 11.3 Å². The summed E-state index contributed by atoms with van der Waals surface area (Å²) in [6.07, 6.45) is 1.46. The molecule has 2 N–H and O–H groups in total. The summed E-state index contributed by atoms with van der Waals surface area (Å²) in [6, 6.07) is 6.99. The number of nitrogen functional groups attached to an aromatic ring is 1. The van der Waals surface area contributed by atoms with Gasteiger partial charge >= 0.3 is 0 Å².